The predicted octanol–water partition coefficient (Wildman–Crippen LogP) is 6.97. The van der Waals surface area contributed by atoms with Gasteiger partial charge in [0.2, 0.25) is 10.0 Å². The summed E-state index contributed by atoms with van der Waals surface area (Å²) in [6.45, 7) is 4.79. The van der Waals surface area contributed by atoms with E-state index in [-0.39, 0.29) is 24.1 Å². The fourth-order valence-corrected chi connectivity index (χ4v) is 7.27. The summed E-state index contributed by atoms with van der Waals surface area (Å²) in [6.07, 6.45) is 2.49. The van der Waals surface area contributed by atoms with Crippen molar-refractivity contribution in [2.24, 2.45) is 0 Å². The summed E-state index contributed by atoms with van der Waals surface area (Å²) in [5.74, 6) is 0. The highest BCUT2D eigenvalue weighted by atomic mass is 79.9. The first kappa shape index (κ1) is 26.9. The van der Waals surface area contributed by atoms with E-state index in [4.69, 9.17) is 16.3 Å². The Kier molecular flexibility index (Phi) is 7.69. The smallest absolute Gasteiger partial charge is 0.414 e. The normalized spacial score (nSPS) is 20.6. The molecule has 1 saturated carbocycles. The molecule has 198 valence electrons. The van der Waals surface area contributed by atoms with Gasteiger partial charge in [0.15, 0.2) is 0 Å². The molecule has 9 heteroatoms. The number of nitrogens with one attached hydrogen (secondary N) is 1. The number of fused-ring (bicyclic) bond motifs is 3. The predicted molar refractivity (Wildman–Crippen MR) is 153 cm³/mol. The van der Waals surface area contributed by atoms with Gasteiger partial charge in [-0.15, -0.1) is 0 Å². The summed E-state index contributed by atoms with van der Waals surface area (Å²) in [5, 5.41) is 0.469. The lowest BCUT2D eigenvalue weighted by molar-refractivity contribution is 0.141. The number of ether oxygens (including phenoxy) is 1. The molecule has 38 heavy (non-hydrogen) atoms. The summed E-state index contributed by atoms with van der Waals surface area (Å²) in [6, 6.07) is 21.3. The first-order valence-corrected chi connectivity index (χ1v) is 15.1. The van der Waals surface area contributed by atoms with E-state index in [0.717, 1.165) is 46.1 Å². The molecule has 0 spiro atoms. The molecule has 2 unspecified atom stereocenters. The third-order valence-corrected chi connectivity index (χ3v) is 9.73. The van der Waals surface area contributed by atoms with Gasteiger partial charge < -0.3 is 4.74 Å². The largest absolute Gasteiger partial charge is 0.444 e. The van der Waals surface area contributed by atoms with Crippen molar-refractivity contribution >= 4 is 49.3 Å². The Balaban J connectivity index is 1.44. The quantitative estimate of drug-likeness (QED) is 0.291. The Morgan fingerprint density at radius 1 is 1.13 bits per heavy atom. The molecule has 1 N–H and O–H groups in total. The summed E-state index contributed by atoms with van der Waals surface area (Å²) in [5.41, 5.74) is 3.04. The van der Waals surface area contributed by atoms with Crippen LogP contribution in [0.2, 0.25) is 5.02 Å². The van der Waals surface area contributed by atoms with Crippen LogP contribution in [0.5, 0.6) is 0 Å². The number of carbonyl (C=O) groups excluding carboxylic acids is 1. The lowest BCUT2D eigenvalue weighted by atomic mass is 9.63. The molecule has 1 aliphatic carbocycles. The Morgan fingerprint density at radius 3 is 2.61 bits per heavy atom. The van der Waals surface area contributed by atoms with Gasteiger partial charge >= 0.3 is 6.09 Å². The Bertz CT molecular complexity index is 1460. The van der Waals surface area contributed by atoms with E-state index in [1.165, 1.54) is 12.1 Å². The standard InChI is InChI=1S/C29H28BrClN2O4S/c1-20-6-5-9-27-29(20,16-17-32-38(35,36)24-13-11-23(31)12-14-24)25-18-22(30)10-15-26(25)33(27)28(34)37-19-21-7-3-2-4-8-21/h2-4,7-8,10-15,18,27,32H,1,5-6,9,16-17,19H2. The molecular formula is C29H28BrClN2O4S. The number of sulfonamides is 1. The second kappa shape index (κ2) is 10.8. The van der Waals surface area contributed by atoms with Crippen molar-refractivity contribution in [1.29, 1.82) is 0 Å². The van der Waals surface area contributed by atoms with Crippen LogP contribution in [0.4, 0.5) is 10.5 Å². The molecule has 1 aliphatic heterocycles. The molecule has 1 amide bonds. The van der Waals surface area contributed by atoms with Gasteiger partial charge in [-0.25, -0.2) is 17.9 Å². The van der Waals surface area contributed by atoms with Gasteiger partial charge in [-0.05, 0) is 79.3 Å². The van der Waals surface area contributed by atoms with Crippen LogP contribution in [0, 0.1) is 0 Å². The number of benzene rings is 3. The van der Waals surface area contributed by atoms with Gasteiger partial charge in [0.05, 0.1) is 16.6 Å². The van der Waals surface area contributed by atoms with Crippen molar-refractivity contribution in [3.8, 4) is 0 Å². The highest BCUT2D eigenvalue weighted by Gasteiger charge is 2.55. The fourth-order valence-electron chi connectivity index (χ4n) is 5.75. The second-order valence-electron chi connectivity index (χ2n) is 9.66. The van der Waals surface area contributed by atoms with Crippen LogP contribution in [-0.4, -0.2) is 27.1 Å². The van der Waals surface area contributed by atoms with Gasteiger partial charge in [0, 0.05) is 21.5 Å². The minimum absolute atomic E-state index is 0.152. The molecule has 2 atom stereocenters. The lowest BCUT2D eigenvalue weighted by Gasteiger charge is -2.44. The molecule has 0 aromatic heterocycles. The maximum absolute atomic E-state index is 13.6. The van der Waals surface area contributed by atoms with Gasteiger partial charge in [-0.3, -0.25) is 4.90 Å². The molecule has 2 aliphatic rings. The van der Waals surface area contributed by atoms with Crippen LogP contribution in [-0.2, 0) is 26.8 Å². The van der Waals surface area contributed by atoms with Crippen molar-refractivity contribution in [2.75, 3.05) is 11.4 Å². The van der Waals surface area contributed by atoms with E-state index >= 15 is 0 Å². The topological polar surface area (TPSA) is 75.7 Å². The molecular weight excluding hydrogens is 588 g/mol. The molecule has 0 bridgehead atoms. The van der Waals surface area contributed by atoms with Gasteiger partial charge in [-0.1, -0.05) is 70.0 Å². The van der Waals surface area contributed by atoms with Crippen LogP contribution in [0.15, 0.2) is 94.3 Å². The number of amides is 1. The fraction of sp³-hybridized carbons (Fsp3) is 0.276. The first-order chi connectivity index (χ1) is 18.2. The third kappa shape index (κ3) is 5.02. The van der Waals surface area contributed by atoms with Crippen molar-refractivity contribution in [3.05, 3.63) is 106 Å². The number of hydrogen-bond acceptors (Lipinski definition) is 4. The van der Waals surface area contributed by atoms with E-state index in [0.29, 0.717) is 11.4 Å². The van der Waals surface area contributed by atoms with Crippen LogP contribution < -0.4 is 9.62 Å². The number of halogens is 2. The van der Waals surface area contributed by atoms with Crippen molar-refractivity contribution < 1.29 is 17.9 Å². The maximum atomic E-state index is 13.6. The molecule has 3 aromatic carbocycles. The zero-order valence-corrected chi connectivity index (χ0v) is 23.9. The lowest BCUT2D eigenvalue weighted by Crippen LogP contribution is -2.51. The van der Waals surface area contributed by atoms with E-state index in [1.807, 2.05) is 48.5 Å². The Labute approximate surface area is 236 Å². The van der Waals surface area contributed by atoms with Crippen LogP contribution in [0.25, 0.3) is 0 Å². The summed E-state index contributed by atoms with van der Waals surface area (Å²) < 4.78 is 35.4. The van der Waals surface area contributed by atoms with E-state index < -0.39 is 21.5 Å². The number of carbonyl (C=O) groups is 1. The molecule has 0 radical (unpaired) electrons. The summed E-state index contributed by atoms with van der Waals surface area (Å²) in [4.78, 5) is 15.5. The average molecular weight is 616 g/mol. The molecule has 3 aromatic rings. The van der Waals surface area contributed by atoms with E-state index in [2.05, 4.69) is 27.2 Å². The summed E-state index contributed by atoms with van der Waals surface area (Å²) in [7, 11) is -3.73. The van der Waals surface area contributed by atoms with Crippen molar-refractivity contribution in [2.45, 2.75) is 48.6 Å². The zero-order chi connectivity index (χ0) is 26.9. The monoisotopic (exact) mass is 614 g/mol. The zero-order valence-electron chi connectivity index (χ0n) is 20.7. The molecule has 1 heterocycles. The molecule has 0 saturated heterocycles. The summed E-state index contributed by atoms with van der Waals surface area (Å²) >= 11 is 9.52. The van der Waals surface area contributed by atoms with Crippen LogP contribution >= 0.6 is 27.5 Å². The average Bonchev–Trinajstić information content (AvgIpc) is 3.19. The van der Waals surface area contributed by atoms with E-state index in [9.17, 15) is 13.2 Å². The van der Waals surface area contributed by atoms with Gasteiger partial charge in [0.25, 0.3) is 0 Å². The highest BCUT2D eigenvalue weighted by Crippen LogP contribution is 2.56. The molecule has 5 rings (SSSR count). The number of rotatable bonds is 7. The highest BCUT2D eigenvalue weighted by molar-refractivity contribution is 9.10. The minimum Gasteiger partial charge on any atom is -0.444 e. The second-order valence-corrected chi connectivity index (χ2v) is 12.8. The Morgan fingerprint density at radius 2 is 1.87 bits per heavy atom. The number of hydrogen-bond donors (Lipinski definition) is 1. The molecule has 6 nitrogen and oxygen atoms in total. The number of nitrogens with zero attached hydrogens (tertiary/aromatic N) is 1. The van der Waals surface area contributed by atoms with Crippen molar-refractivity contribution in [1.82, 2.24) is 4.72 Å². The maximum Gasteiger partial charge on any atom is 0.414 e. The minimum atomic E-state index is -3.73. The molecule has 1 fully saturated rings. The van der Waals surface area contributed by atoms with Crippen molar-refractivity contribution in [3.63, 3.8) is 0 Å². The van der Waals surface area contributed by atoms with Crippen LogP contribution in [0.3, 0.4) is 0 Å². The Hall–Kier alpha value is -2.65. The van der Waals surface area contributed by atoms with Gasteiger partial charge in [0.1, 0.15) is 6.61 Å². The van der Waals surface area contributed by atoms with Gasteiger partial charge in [-0.2, -0.15) is 0 Å². The van der Waals surface area contributed by atoms with Crippen LogP contribution in [0.1, 0.15) is 36.8 Å². The number of anilines is 1. The van der Waals surface area contributed by atoms with E-state index in [1.54, 1.807) is 17.0 Å². The third-order valence-electron chi connectivity index (χ3n) is 7.50. The SMILES string of the molecule is C=C1CCCC2N(C(=O)OCc3ccccc3)c3ccc(Br)cc3C12CCNS(=O)(=O)c1ccc(Cl)cc1. The first-order valence-electron chi connectivity index (χ1n) is 12.5.